The summed E-state index contributed by atoms with van der Waals surface area (Å²) in [5.41, 5.74) is 2.41. The fourth-order valence-corrected chi connectivity index (χ4v) is 3.79. The van der Waals surface area contributed by atoms with Crippen molar-refractivity contribution in [3.8, 4) is 0 Å². The molecule has 2 heteroatoms. The molecule has 2 aliphatic rings. The van der Waals surface area contributed by atoms with Crippen molar-refractivity contribution in [1.82, 2.24) is 5.32 Å². The minimum atomic E-state index is 0.414. The van der Waals surface area contributed by atoms with Gasteiger partial charge in [-0.05, 0) is 44.1 Å². The van der Waals surface area contributed by atoms with Crippen molar-refractivity contribution in [3.05, 3.63) is 35.4 Å². The Morgan fingerprint density at radius 3 is 2.68 bits per heavy atom. The maximum Gasteiger partial charge on any atom is 0.137 e. The monoisotopic (exact) mass is 257 g/mol. The van der Waals surface area contributed by atoms with Crippen LogP contribution < -0.4 is 5.32 Å². The molecule has 0 radical (unpaired) electrons. The van der Waals surface area contributed by atoms with Gasteiger partial charge in [0.1, 0.15) is 5.78 Å². The number of ketones is 1. The Morgan fingerprint density at radius 1 is 1.26 bits per heavy atom. The van der Waals surface area contributed by atoms with Gasteiger partial charge in [0.15, 0.2) is 0 Å². The van der Waals surface area contributed by atoms with Crippen molar-refractivity contribution in [2.75, 3.05) is 0 Å². The minimum Gasteiger partial charge on any atom is -0.311 e. The van der Waals surface area contributed by atoms with E-state index < -0.39 is 0 Å². The maximum atomic E-state index is 12.2. The van der Waals surface area contributed by atoms with E-state index in [-0.39, 0.29) is 0 Å². The molecule has 2 atom stereocenters. The fraction of sp³-hybridized carbons (Fsp3) is 0.588. The van der Waals surface area contributed by atoms with Crippen molar-refractivity contribution in [1.29, 1.82) is 0 Å². The second kappa shape index (κ2) is 5.46. The van der Waals surface area contributed by atoms with E-state index in [4.69, 9.17) is 0 Å². The van der Waals surface area contributed by atoms with Crippen LogP contribution in [0.25, 0.3) is 0 Å². The Kier molecular flexibility index (Phi) is 3.69. The van der Waals surface area contributed by atoms with Crippen LogP contribution in [0.15, 0.2) is 24.3 Å². The summed E-state index contributed by atoms with van der Waals surface area (Å²) < 4.78 is 0. The van der Waals surface area contributed by atoms with Crippen LogP contribution >= 0.6 is 0 Å². The van der Waals surface area contributed by atoms with Gasteiger partial charge < -0.3 is 5.32 Å². The lowest BCUT2D eigenvalue weighted by atomic mass is 9.87. The number of piperidine rings is 1. The maximum absolute atomic E-state index is 12.2. The zero-order valence-electron chi connectivity index (χ0n) is 11.7. The van der Waals surface area contributed by atoms with E-state index in [0.717, 1.165) is 6.42 Å². The predicted molar refractivity (Wildman–Crippen MR) is 77.2 cm³/mol. The molecule has 102 valence electrons. The van der Waals surface area contributed by atoms with Gasteiger partial charge in [-0.3, -0.25) is 4.79 Å². The van der Waals surface area contributed by atoms with E-state index >= 15 is 0 Å². The third-order valence-corrected chi connectivity index (χ3v) is 4.57. The van der Waals surface area contributed by atoms with E-state index in [1.54, 1.807) is 0 Å². The topological polar surface area (TPSA) is 29.1 Å². The van der Waals surface area contributed by atoms with Gasteiger partial charge in [0.2, 0.25) is 0 Å². The molecule has 19 heavy (non-hydrogen) atoms. The summed E-state index contributed by atoms with van der Waals surface area (Å²) in [5, 5.41) is 3.64. The molecule has 3 rings (SSSR count). The van der Waals surface area contributed by atoms with Gasteiger partial charge >= 0.3 is 0 Å². The second-order valence-electron chi connectivity index (χ2n) is 6.38. The molecule has 2 aliphatic heterocycles. The summed E-state index contributed by atoms with van der Waals surface area (Å²) >= 11 is 0. The SMILES string of the molecule is Cc1cccc(CC(=O)CC2CC3CCC(C2)N3)c1. The third kappa shape index (κ3) is 3.24. The number of benzene rings is 1. The number of hydrogen-bond acceptors (Lipinski definition) is 2. The molecule has 1 aromatic carbocycles. The first-order chi connectivity index (χ1) is 9.19. The molecule has 2 nitrogen and oxygen atoms in total. The van der Waals surface area contributed by atoms with Gasteiger partial charge in [0.25, 0.3) is 0 Å². The van der Waals surface area contributed by atoms with Crippen LogP contribution in [0.2, 0.25) is 0 Å². The molecule has 0 aromatic heterocycles. The molecule has 2 fully saturated rings. The molecular weight excluding hydrogens is 234 g/mol. The predicted octanol–water partition coefficient (Wildman–Crippen LogP) is 3.03. The highest BCUT2D eigenvalue weighted by molar-refractivity contribution is 5.81. The molecule has 1 aromatic rings. The Morgan fingerprint density at radius 2 is 2.00 bits per heavy atom. The van der Waals surface area contributed by atoms with Gasteiger partial charge in [-0.2, -0.15) is 0 Å². The van der Waals surface area contributed by atoms with Gasteiger partial charge in [0.05, 0.1) is 0 Å². The third-order valence-electron chi connectivity index (χ3n) is 4.57. The normalized spacial score (nSPS) is 29.4. The molecule has 0 saturated carbocycles. The van der Waals surface area contributed by atoms with E-state index in [1.807, 2.05) is 6.07 Å². The first-order valence-electron chi connectivity index (χ1n) is 7.52. The van der Waals surface area contributed by atoms with Gasteiger partial charge in [0, 0.05) is 24.9 Å². The van der Waals surface area contributed by atoms with Crippen molar-refractivity contribution >= 4 is 5.78 Å². The van der Waals surface area contributed by atoms with E-state index in [2.05, 4.69) is 30.4 Å². The van der Waals surface area contributed by atoms with Crippen LogP contribution in [0.4, 0.5) is 0 Å². The first-order valence-corrected chi connectivity index (χ1v) is 7.52. The molecule has 1 N–H and O–H groups in total. The number of aryl methyl sites for hydroxylation is 1. The molecule has 2 heterocycles. The highest BCUT2D eigenvalue weighted by Crippen LogP contribution is 2.32. The summed E-state index contributed by atoms with van der Waals surface area (Å²) in [6.07, 6.45) is 6.43. The number of rotatable bonds is 4. The van der Waals surface area contributed by atoms with Crippen LogP contribution in [0, 0.1) is 12.8 Å². The smallest absolute Gasteiger partial charge is 0.137 e. The quantitative estimate of drug-likeness (QED) is 0.898. The number of nitrogens with one attached hydrogen (secondary N) is 1. The van der Waals surface area contributed by atoms with Gasteiger partial charge in [-0.1, -0.05) is 29.8 Å². The van der Waals surface area contributed by atoms with Gasteiger partial charge in [-0.25, -0.2) is 0 Å². The van der Waals surface area contributed by atoms with E-state index in [9.17, 15) is 4.79 Å². The Hall–Kier alpha value is -1.15. The Labute approximate surface area is 115 Å². The number of carbonyl (C=O) groups is 1. The zero-order chi connectivity index (χ0) is 13.2. The Bertz CT molecular complexity index is 456. The number of Topliss-reactive ketones (excluding diaryl/α,β-unsaturated/α-hetero) is 1. The van der Waals surface area contributed by atoms with Gasteiger partial charge in [-0.15, -0.1) is 0 Å². The van der Waals surface area contributed by atoms with E-state index in [1.165, 1.54) is 36.8 Å². The van der Waals surface area contributed by atoms with Crippen molar-refractivity contribution < 1.29 is 4.79 Å². The van der Waals surface area contributed by atoms with Crippen molar-refractivity contribution in [2.24, 2.45) is 5.92 Å². The lowest BCUT2D eigenvalue weighted by Crippen LogP contribution is -2.38. The zero-order valence-corrected chi connectivity index (χ0v) is 11.7. The summed E-state index contributed by atoms with van der Waals surface area (Å²) in [4.78, 5) is 12.2. The lowest BCUT2D eigenvalue weighted by Gasteiger charge is -2.28. The van der Waals surface area contributed by atoms with Crippen molar-refractivity contribution in [3.63, 3.8) is 0 Å². The molecule has 0 aliphatic carbocycles. The number of carbonyl (C=O) groups excluding carboxylic acids is 1. The van der Waals surface area contributed by atoms with Crippen LogP contribution in [0.3, 0.4) is 0 Å². The fourth-order valence-electron chi connectivity index (χ4n) is 3.79. The average Bonchev–Trinajstić information content (AvgIpc) is 2.68. The minimum absolute atomic E-state index is 0.414. The van der Waals surface area contributed by atoms with Crippen LogP contribution in [-0.4, -0.2) is 17.9 Å². The van der Waals surface area contributed by atoms with Crippen molar-refractivity contribution in [2.45, 2.75) is 57.5 Å². The molecular formula is C17H23NO. The Balaban J connectivity index is 1.54. The molecule has 2 unspecified atom stereocenters. The van der Waals surface area contributed by atoms with Crippen LogP contribution in [0.1, 0.15) is 43.2 Å². The molecule has 2 bridgehead atoms. The molecule has 2 saturated heterocycles. The number of fused-ring (bicyclic) bond motifs is 2. The van der Waals surface area contributed by atoms with E-state index in [0.29, 0.717) is 30.2 Å². The average molecular weight is 257 g/mol. The summed E-state index contributed by atoms with van der Waals surface area (Å²) in [7, 11) is 0. The standard InChI is InChI=1S/C17H23NO/c1-12-3-2-4-13(7-12)10-17(19)11-14-8-15-5-6-16(9-14)18-15/h2-4,7,14-16,18H,5-6,8-11H2,1H3. The van der Waals surface area contributed by atoms with Crippen LogP contribution in [0.5, 0.6) is 0 Å². The highest BCUT2D eigenvalue weighted by Gasteiger charge is 2.33. The first kappa shape index (κ1) is 12.9. The molecule has 0 amide bonds. The lowest BCUT2D eigenvalue weighted by molar-refractivity contribution is -0.119. The summed E-state index contributed by atoms with van der Waals surface area (Å²) in [5.74, 6) is 1.04. The van der Waals surface area contributed by atoms with Crippen LogP contribution in [-0.2, 0) is 11.2 Å². The highest BCUT2D eigenvalue weighted by atomic mass is 16.1. The largest absolute Gasteiger partial charge is 0.311 e. The summed E-state index contributed by atoms with van der Waals surface area (Å²) in [6, 6.07) is 9.70. The molecule has 0 spiro atoms. The second-order valence-corrected chi connectivity index (χ2v) is 6.38. The summed E-state index contributed by atoms with van der Waals surface area (Å²) in [6.45, 7) is 2.08. The number of hydrogen-bond donors (Lipinski definition) is 1.